The molecule has 3 rings (SSSR count). The molecule has 1 fully saturated rings. The first-order valence-corrected chi connectivity index (χ1v) is 11.4. The maximum atomic E-state index is 13.2. The second-order valence-electron chi connectivity index (χ2n) is 8.60. The van der Waals surface area contributed by atoms with E-state index < -0.39 is 66.9 Å². The number of carboxylic acids is 2. The van der Waals surface area contributed by atoms with Crippen LogP contribution in [0.15, 0.2) is 30.5 Å². The number of para-hydroxylation sites is 1. The molecular weight excluding hydrogens is 474 g/mol. The number of nitrogens with two attached hydrogens (primary N) is 1. The van der Waals surface area contributed by atoms with Crippen LogP contribution in [0.25, 0.3) is 10.9 Å². The second-order valence-corrected chi connectivity index (χ2v) is 8.60. The number of amides is 3. The number of hydrogen-bond donors (Lipinski definition) is 7. The molecule has 1 aromatic heterocycles. The second kappa shape index (κ2) is 11.6. The highest BCUT2D eigenvalue weighted by atomic mass is 16.4. The summed E-state index contributed by atoms with van der Waals surface area (Å²) in [7, 11) is 0. The molecule has 13 nitrogen and oxygen atoms in total. The maximum Gasteiger partial charge on any atom is 0.326 e. The summed E-state index contributed by atoms with van der Waals surface area (Å²) in [5.74, 6) is -4.93. The number of rotatable bonds is 11. The first-order valence-electron chi connectivity index (χ1n) is 11.4. The number of fused-ring (bicyclic) bond motifs is 1. The molecule has 8 N–H and O–H groups in total. The van der Waals surface area contributed by atoms with Crippen LogP contribution in [0.1, 0.15) is 24.8 Å². The highest BCUT2D eigenvalue weighted by molar-refractivity contribution is 5.95. The molecule has 1 saturated heterocycles. The Morgan fingerprint density at radius 3 is 2.44 bits per heavy atom. The van der Waals surface area contributed by atoms with Gasteiger partial charge >= 0.3 is 11.9 Å². The van der Waals surface area contributed by atoms with Gasteiger partial charge in [-0.1, -0.05) is 18.2 Å². The number of hydrogen-bond acceptors (Lipinski definition) is 7. The number of H-pyrrole nitrogens is 1. The number of aliphatic hydroxyl groups excluding tert-OH is 1. The number of aliphatic hydroxyl groups is 1. The lowest BCUT2D eigenvalue weighted by Crippen LogP contribution is -2.58. The third-order valence-electron chi connectivity index (χ3n) is 6.08. The molecule has 13 heteroatoms. The number of nitrogens with zero attached hydrogens (tertiary/aromatic N) is 1. The minimum Gasteiger partial charge on any atom is -0.481 e. The number of carbonyl (C=O) groups excluding carboxylic acids is 3. The van der Waals surface area contributed by atoms with E-state index in [1.807, 2.05) is 18.2 Å². The fourth-order valence-corrected chi connectivity index (χ4v) is 4.23. The fourth-order valence-electron chi connectivity index (χ4n) is 4.23. The van der Waals surface area contributed by atoms with Crippen LogP contribution in [0.2, 0.25) is 0 Å². The number of carbonyl (C=O) groups is 5. The van der Waals surface area contributed by atoms with E-state index in [2.05, 4.69) is 15.6 Å². The molecule has 194 valence electrons. The van der Waals surface area contributed by atoms with Gasteiger partial charge in [0, 0.05) is 30.1 Å². The van der Waals surface area contributed by atoms with Crippen LogP contribution in [-0.4, -0.2) is 92.2 Å². The van der Waals surface area contributed by atoms with Gasteiger partial charge in [0.1, 0.15) is 18.1 Å². The van der Waals surface area contributed by atoms with Gasteiger partial charge in [-0.2, -0.15) is 0 Å². The Kier molecular flexibility index (Phi) is 8.61. The minimum atomic E-state index is -1.44. The van der Waals surface area contributed by atoms with Crippen molar-refractivity contribution in [1.29, 1.82) is 0 Å². The number of nitrogens with one attached hydrogen (secondary N) is 3. The SMILES string of the molecule is NC(CC(=O)O)C(=O)NC(Cc1c[nH]c2ccccc12)C(=O)NC(CO)C(=O)N1CCCC1C(=O)O. The maximum absolute atomic E-state index is 13.2. The van der Waals surface area contributed by atoms with Gasteiger partial charge < -0.3 is 41.6 Å². The van der Waals surface area contributed by atoms with Gasteiger partial charge in [0.15, 0.2) is 0 Å². The highest BCUT2D eigenvalue weighted by Crippen LogP contribution is 2.20. The molecule has 0 radical (unpaired) electrons. The molecule has 0 saturated carbocycles. The van der Waals surface area contributed by atoms with Gasteiger partial charge in [0.25, 0.3) is 0 Å². The predicted octanol–water partition coefficient (Wildman–Crippen LogP) is -1.45. The van der Waals surface area contributed by atoms with E-state index in [0.717, 1.165) is 15.8 Å². The van der Waals surface area contributed by atoms with E-state index in [0.29, 0.717) is 12.0 Å². The first-order chi connectivity index (χ1) is 17.1. The van der Waals surface area contributed by atoms with E-state index >= 15 is 0 Å². The Morgan fingerprint density at radius 2 is 1.78 bits per heavy atom. The van der Waals surface area contributed by atoms with Crippen LogP contribution >= 0.6 is 0 Å². The molecule has 4 atom stereocenters. The van der Waals surface area contributed by atoms with Crippen molar-refractivity contribution in [2.45, 2.75) is 49.9 Å². The standard InChI is InChI=1S/C23H29N5O8/c24-14(9-19(30)31)20(32)26-16(8-12-10-25-15-5-2-1-4-13(12)15)21(33)27-17(11-29)22(34)28-7-3-6-18(28)23(35)36/h1-2,4-5,10,14,16-18,25,29H,3,6-9,11,24H2,(H,26,32)(H,27,33)(H,30,31)(H,35,36). The Bertz CT molecular complexity index is 1150. The van der Waals surface area contributed by atoms with Crippen molar-refractivity contribution in [2.75, 3.05) is 13.2 Å². The average molecular weight is 504 g/mol. The number of likely N-dealkylation sites (tertiary alicyclic amines) is 1. The highest BCUT2D eigenvalue weighted by Gasteiger charge is 2.38. The summed E-state index contributed by atoms with van der Waals surface area (Å²) < 4.78 is 0. The van der Waals surface area contributed by atoms with Crippen molar-refractivity contribution in [3.05, 3.63) is 36.0 Å². The van der Waals surface area contributed by atoms with Crippen LogP contribution < -0.4 is 16.4 Å². The summed E-state index contributed by atoms with van der Waals surface area (Å²) in [6.45, 7) is -0.624. The van der Waals surface area contributed by atoms with Crippen LogP contribution in [0.4, 0.5) is 0 Å². The van der Waals surface area contributed by atoms with E-state index in [4.69, 9.17) is 10.8 Å². The van der Waals surface area contributed by atoms with E-state index in [1.165, 1.54) is 0 Å². The third kappa shape index (κ3) is 6.17. The molecule has 4 unspecified atom stereocenters. The van der Waals surface area contributed by atoms with Crippen molar-refractivity contribution in [3.8, 4) is 0 Å². The Balaban J connectivity index is 1.80. The van der Waals surface area contributed by atoms with Crippen molar-refractivity contribution in [2.24, 2.45) is 5.73 Å². The summed E-state index contributed by atoms with van der Waals surface area (Å²) in [6.07, 6.45) is 1.69. The van der Waals surface area contributed by atoms with Gasteiger partial charge in [-0.05, 0) is 24.5 Å². The van der Waals surface area contributed by atoms with Crippen molar-refractivity contribution in [1.82, 2.24) is 20.5 Å². The minimum absolute atomic E-state index is 0.0326. The zero-order chi connectivity index (χ0) is 26.4. The summed E-state index contributed by atoms with van der Waals surface area (Å²) in [5, 5.41) is 33.7. The molecule has 36 heavy (non-hydrogen) atoms. The zero-order valence-corrected chi connectivity index (χ0v) is 19.3. The average Bonchev–Trinajstić information content (AvgIpc) is 3.49. The Hall–Kier alpha value is -3.97. The first kappa shape index (κ1) is 26.6. The van der Waals surface area contributed by atoms with Crippen LogP contribution in [0.3, 0.4) is 0 Å². The van der Waals surface area contributed by atoms with Crippen molar-refractivity contribution < 1.29 is 39.3 Å². The fraction of sp³-hybridized carbons (Fsp3) is 0.435. The zero-order valence-electron chi connectivity index (χ0n) is 19.3. The number of aromatic nitrogens is 1. The lowest BCUT2D eigenvalue weighted by atomic mass is 10.0. The Morgan fingerprint density at radius 1 is 1.08 bits per heavy atom. The molecule has 0 spiro atoms. The summed E-state index contributed by atoms with van der Waals surface area (Å²) in [6, 6.07) is 2.07. The van der Waals surface area contributed by atoms with E-state index in [-0.39, 0.29) is 19.4 Å². The summed E-state index contributed by atoms with van der Waals surface area (Å²) >= 11 is 0. The lowest BCUT2D eigenvalue weighted by molar-refractivity contribution is -0.150. The summed E-state index contributed by atoms with van der Waals surface area (Å²) in [5.41, 5.74) is 7.10. The smallest absolute Gasteiger partial charge is 0.326 e. The third-order valence-corrected chi connectivity index (χ3v) is 6.08. The van der Waals surface area contributed by atoms with Crippen molar-refractivity contribution >= 4 is 40.6 Å². The predicted molar refractivity (Wildman–Crippen MR) is 126 cm³/mol. The summed E-state index contributed by atoms with van der Waals surface area (Å²) in [4.78, 5) is 65.2. The van der Waals surface area contributed by atoms with Crippen LogP contribution in [-0.2, 0) is 30.4 Å². The van der Waals surface area contributed by atoms with Crippen molar-refractivity contribution in [3.63, 3.8) is 0 Å². The molecule has 2 heterocycles. The number of aliphatic carboxylic acids is 2. The van der Waals surface area contributed by atoms with Gasteiger partial charge in [-0.3, -0.25) is 19.2 Å². The van der Waals surface area contributed by atoms with Gasteiger partial charge in [-0.15, -0.1) is 0 Å². The molecule has 1 aliphatic heterocycles. The van der Waals surface area contributed by atoms with E-state index in [9.17, 15) is 34.2 Å². The quantitative estimate of drug-likeness (QED) is 0.191. The van der Waals surface area contributed by atoms with Gasteiger partial charge in [-0.25, -0.2) is 4.79 Å². The molecule has 1 aliphatic rings. The van der Waals surface area contributed by atoms with Crippen LogP contribution in [0.5, 0.6) is 0 Å². The topological polar surface area (TPSA) is 215 Å². The van der Waals surface area contributed by atoms with Gasteiger partial charge in [0.2, 0.25) is 17.7 Å². The number of aromatic amines is 1. The molecule has 2 aromatic rings. The Labute approximate surface area is 205 Å². The largest absolute Gasteiger partial charge is 0.481 e. The lowest BCUT2D eigenvalue weighted by Gasteiger charge is -2.28. The molecule has 0 aliphatic carbocycles. The van der Waals surface area contributed by atoms with E-state index in [1.54, 1.807) is 12.3 Å². The molecular formula is C23H29N5O8. The van der Waals surface area contributed by atoms with Crippen LogP contribution in [0, 0.1) is 0 Å². The molecule has 1 aromatic carbocycles. The molecule has 0 bridgehead atoms. The molecule has 3 amide bonds. The van der Waals surface area contributed by atoms with Gasteiger partial charge in [0.05, 0.1) is 19.1 Å². The number of carboxylic acid groups (broad SMARTS) is 2. The normalized spacial score (nSPS) is 17.8. The monoisotopic (exact) mass is 503 g/mol. The number of benzene rings is 1.